The van der Waals surface area contributed by atoms with Gasteiger partial charge >= 0.3 is 4.05 Å². The highest BCUT2D eigenvalue weighted by molar-refractivity contribution is 14.1. The topological polar surface area (TPSA) is 32.7 Å². The van der Waals surface area contributed by atoms with Crippen LogP contribution >= 0.6 is 34.0 Å². The average Bonchev–Trinajstić information content (AvgIpc) is 2.51. The Morgan fingerprint density at radius 1 is 1.77 bits per heavy atom. The summed E-state index contributed by atoms with van der Waals surface area (Å²) in [6, 6.07) is 0. The minimum absolute atomic E-state index is 0.115. The van der Waals surface area contributed by atoms with Crippen molar-refractivity contribution in [3.8, 4) is 0 Å². The second-order valence-corrected chi connectivity index (χ2v) is 6.00. The van der Waals surface area contributed by atoms with E-state index in [1.807, 2.05) is 6.26 Å². The summed E-state index contributed by atoms with van der Waals surface area (Å²) in [6.45, 7) is 3.53. The molecule has 3 nitrogen and oxygen atoms in total. The van der Waals surface area contributed by atoms with Gasteiger partial charge in [0.2, 0.25) is 0 Å². The third-order valence-corrected chi connectivity index (χ3v) is 4.48. The van der Waals surface area contributed by atoms with Gasteiger partial charge in [-0.05, 0) is 12.7 Å². The Bertz CT molecular complexity index is 154. The molecular weight excluding hydrogens is 300 g/mol. The van der Waals surface area contributed by atoms with Crippen molar-refractivity contribution in [2.75, 3.05) is 32.5 Å². The van der Waals surface area contributed by atoms with Gasteiger partial charge in [-0.2, -0.15) is 11.6 Å². The van der Waals surface area contributed by atoms with Crippen molar-refractivity contribution in [1.29, 1.82) is 0 Å². The molecule has 0 amide bonds. The molecule has 6 heteroatoms. The van der Waals surface area contributed by atoms with E-state index in [2.05, 4.69) is 27.3 Å². The molecular formula is C7H15BINO2S. The predicted molar refractivity (Wildman–Crippen MR) is 66.3 cm³/mol. The summed E-state index contributed by atoms with van der Waals surface area (Å²) in [5.41, 5.74) is 0. The molecule has 1 aliphatic rings. The van der Waals surface area contributed by atoms with Crippen LogP contribution in [0.15, 0.2) is 0 Å². The zero-order valence-corrected chi connectivity index (χ0v) is 10.8. The molecule has 1 aliphatic heterocycles. The van der Waals surface area contributed by atoms with Crippen LogP contribution in [0.1, 0.15) is 6.42 Å². The Morgan fingerprint density at radius 3 is 3.08 bits per heavy atom. The molecule has 13 heavy (non-hydrogen) atoms. The predicted octanol–water partition coefficient (Wildman–Crippen LogP) is 0.853. The van der Waals surface area contributed by atoms with Crippen molar-refractivity contribution >= 4 is 38.0 Å². The smallest absolute Gasteiger partial charge is 0.416 e. The van der Waals surface area contributed by atoms with E-state index in [1.54, 1.807) is 11.6 Å². The number of likely N-dealkylation sites (tertiary alicyclic amines) is 1. The minimum atomic E-state index is -0.115. The van der Waals surface area contributed by atoms with Crippen molar-refractivity contribution < 1.29 is 9.76 Å². The quantitative estimate of drug-likeness (QED) is 0.602. The maximum atomic E-state index is 9.27. The molecule has 1 N–H and O–H groups in total. The molecule has 0 saturated carbocycles. The van der Waals surface area contributed by atoms with Gasteiger partial charge in [-0.15, -0.1) is 0 Å². The lowest BCUT2D eigenvalue weighted by molar-refractivity contribution is 0.169. The summed E-state index contributed by atoms with van der Waals surface area (Å²) in [5, 5.41) is 9.27. The fourth-order valence-corrected chi connectivity index (χ4v) is 1.84. The van der Waals surface area contributed by atoms with E-state index >= 15 is 0 Å². The van der Waals surface area contributed by atoms with Crippen molar-refractivity contribution in [2.45, 2.75) is 12.5 Å². The molecule has 76 valence electrons. The molecule has 1 saturated heterocycles. The highest BCUT2D eigenvalue weighted by atomic mass is 127. The van der Waals surface area contributed by atoms with Gasteiger partial charge in [0.15, 0.2) is 0 Å². The molecule has 1 atom stereocenters. The van der Waals surface area contributed by atoms with E-state index in [-0.39, 0.29) is 10.2 Å². The lowest BCUT2D eigenvalue weighted by atomic mass is 10.3. The normalized spacial score (nSPS) is 23.8. The number of aliphatic hydroxyl groups is 1. The third-order valence-electron chi connectivity index (χ3n) is 2.09. The second-order valence-electron chi connectivity index (χ2n) is 3.12. The van der Waals surface area contributed by atoms with E-state index in [4.69, 9.17) is 4.65 Å². The van der Waals surface area contributed by atoms with Crippen LogP contribution in [0.5, 0.6) is 0 Å². The first-order valence-electron chi connectivity index (χ1n) is 4.41. The molecule has 1 unspecified atom stereocenters. The molecule has 0 aromatic carbocycles. The van der Waals surface area contributed by atoms with Gasteiger partial charge in [0.05, 0.1) is 6.10 Å². The van der Waals surface area contributed by atoms with Gasteiger partial charge in [0.1, 0.15) is 0 Å². The van der Waals surface area contributed by atoms with Crippen LogP contribution in [-0.4, -0.2) is 52.7 Å². The summed E-state index contributed by atoms with van der Waals surface area (Å²) in [6.07, 6.45) is 2.84. The van der Waals surface area contributed by atoms with Crippen LogP contribution in [0.2, 0.25) is 0 Å². The molecule has 0 aromatic heterocycles. The monoisotopic (exact) mass is 315 g/mol. The van der Waals surface area contributed by atoms with Crippen molar-refractivity contribution in [2.24, 2.45) is 0 Å². The van der Waals surface area contributed by atoms with Gasteiger partial charge in [-0.3, -0.25) is 4.90 Å². The van der Waals surface area contributed by atoms with Gasteiger partial charge in [0.25, 0.3) is 0 Å². The Hall–Kier alpha value is 1.02. The first-order chi connectivity index (χ1) is 6.22. The Labute approximate surface area is 97.5 Å². The number of hydrogen-bond acceptors (Lipinski definition) is 4. The summed E-state index contributed by atoms with van der Waals surface area (Å²) in [5.74, 6) is 0. The van der Waals surface area contributed by atoms with E-state index in [0.717, 1.165) is 32.7 Å². The number of halogens is 1. The van der Waals surface area contributed by atoms with E-state index < -0.39 is 0 Å². The first-order valence-corrected chi connectivity index (χ1v) is 6.94. The average molecular weight is 315 g/mol. The fraction of sp³-hybridized carbons (Fsp3) is 1.00. The third kappa shape index (κ3) is 4.87. The molecule has 0 aromatic rings. The Morgan fingerprint density at radius 2 is 2.54 bits per heavy atom. The first kappa shape index (κ1) is 12.1. The van der Waals surface area contributed by atoms with Gasteiger partial charge < -0.3 is 9.76 Å². The molecule has 1 rings (SSSR count). The second kappa shape index (κ2) is 6.50. The zero-order chi connectivity index (χ0) is 9.68. The summed E-state index contributed by atoms with van der Waals surface area (Å²) < 4.78 is 5.77. The maximum absolute atomic E-state index is 9.27. The number of β-amino-alcohol motifs (C(OH)–C–C–N with tert-alkyl or cyclic N) is 1. The lowest BCUT2D eigenvalue weighted by Gasteiger charge is -2.15. The molecule has 0 aliphatic carbocycles. The van der Waals surface area contributed by atoms with Crippen molar-refractivity contribution in [3.05, 3.63) is 0 Å². The molecule has 0 bridgehead atoms. The maximum Gasteiger partial charge on any atom is 0.434 e. The zero-order valence-electron chi connectivity index (χ0n) is 7.78. The van der Waals surface area contributed by atoms with Gasteiger partial charge in [-0.1, -0.05) is 22.4 Å². The summed E-state index contributed by atoms with van der Waals surface area (Å²) in [7, 11) is 0. The Kier molecular flexibility index (Phi) is 6.05. The molecule has 0 spiro atoms. The van der Waals surface area contributed by atoms with E-state index in [9.17, 15) is 5.11 Å². The largest absolute Gasteiger partial charge is 0.434 e. The van der Waals surface area contributed by atoms with Crippen LogP contribution in [-0.2, 0) is 4.65 Å². The van der Waals surface area contributed by atoms with Crippen LogP contribution in [0.25, 0.3) is 0 Å². The fourth-order valence-electron chi connectivity index (χ4n) is 1.36. The Balaban J connectivity index is 2.00. The van der Waals surface area contributed by atoms with Crippen molar-refractivity contribution in [1.82, 2.24) is 4.90 Å². The standard InChI is InChI=1S/C7H15BINO2S/c1-13-8(9)12-5-4-10-3-2-7(11)6-10/h7,11H,2-6H2,1H3. The van der Waals surface area contributed by atoms with Crippen molar-refractivity contribution in [3.63, 3.8) is 0 Å². The molecule has 0 radical (unpaired) electrons. The molecule has 1 heterocycles. The highest BCUT2D eigenvalue weighted by Gasteiger charge is 2.19. The minimum Gasteiger partial charge on any atom is -0.416 e. The van der Waals surface area contributed by atoms with Gasteiger partial charge in [0, 0.05) is 26.2 Å². The summed E-state index contributed by atoms with van der Waals surface area (Å²) >= 11 is 3.97. The number of rotatable bonds is 5. The van der Waals surface area contributed by atoms with E-state index in [1.165, 1.54) is 0 Å². The highest BCUT2D eigenvalue weighted by Crippen LogP contribution is 2.11. The molecule has 1 fully saturated rings. The van der Waals surface area contributed by atoms with Crippen LogP contribution in [0.4, 0.5) is 0 Å². The number of aliphatic hydroxyl groups excluding tert-OH is 1. The van der Waals surface area contributed by atoms with Crippen LogP contribution in [0, 0.1) is 0 Å². The van der Waals surface area contributed by atoms with E-state index in [0.29, 0.717) is 0 Å². The number of nitrogens with zero attached hydrogens (tertiary/aromatic N) is 1. The van der Waals surface area contributed by atoms with Crippen LogP contribution < -0.4 is 0 Å². The number of hydrogen-bond donors (Lipinski definition) is 1. The lowest BCUT2D eigenvalue weighted by Crippen LogP contribution is -2.27. The summed E-state index contributed by atoms with van der Waals surface area (Å²) in [4.78, 5) is 2.24. The van der Waals surface area contributed by atoms with Crippen LogP contribution in [0.3, 0.4) is 0 Å². The SMILES string of the molecule is CSB(I)OCCN1CCC(O)C1. The van der Waals surface area contributed by atoms with Gasteiger partial charge in [-0.25, -0.2) is 0 Å².